The molecule has 3 aromatic rings. The summed E-state index contributed by atoms with van der Waals surface area (Å²) in [5, 5.41) is 14.7. The first kappa shape index (κ1) is 19.7. The summed E-state index contributed by atoms with van der Waals surface area (Å²) in [5.74, 6) is 0.906. The number of carboxylic acids is 1. The number of nitrogens with zero attached hydrogens (tertiary/aromatic N) is 2. The molecule has 2 aromatic heterocycles. The number of ether oxygens (including phenoxy) is 1. The topological polar surface area (TPSA) is 84.3 Å². The van der Waals surface area contributed by atoms with Crippen molar-refractivity contribution in [2.24, 2.45) is 0 Å². The number of nitrogens with one attached hydrogen (secondary N) is 1. The number of para-hydroxylation sites is 1. The number of aliphatic carboxylic acids is 1. The second kappa shape index (κ2) is 9.17. The summed E-state index contributed by atoms with van der Waals surface area (Å²) >= 11 is 1.48. The smallest absolute Gasteiger partial charge is 0.303 e. The normalized spacial score (nSPS) is 10.0. The number of halogens is 1. The van der Waals surface area contributed by atoms with Crippen LogP contribution in [0.3, 0.4) is 0 Å². The molecule has 0 fully saturated rings. The second-order valence-corrected chi connectivity index (χ2v) is 6.28. The van der Waals surface area contributed by atoms with Crippen LogP contribution in [0.1, 0.15) is 17.7 Å². The van der Waals surface area contributed by atoms with Crippen LogP contribution in [-0.4, -0.2) is 21.0 Å². The summed E-state index contributed by atoms with van der Waals surface area (Å²) < 4.78 is 5.94. The molecule has 0 unspecified atom stereocenters. The lowest BCUT2D eigenvalue weighted by Crippen LogP contribution is -2.01. The van der Waals surface area contributed by atoms with E-state index in [0.717, 1.165) is 16.4 Å². The third-order valence-corrected chi connectivity index (χ3v) is 4.23. The zero-order valence-electron chi connectivity index (χ0n) is 14.0. The molecule has 0 saturated heterocycles. The van der Waals surface area contributed by atoms with Crippen molar-refractivity contribution in [3.8, 4) is 11.5 Å². The highest BCUT2D eigenvalue weighted by atomic mass is 35.5. The van der Waals surface area contributed by atoms with Crippen LogP contribution in [0.15, 0.2) is 48.0 Å². The van der Waals surface area contributed by atoms with Crippen LogP contribution < -0.4 is 10.1 Å². The van der Waals surface area contributed by atoms with E-state index in [1.807, 2.05) is 48.7 Å². The van der Waals surface area contributed by atoms with Crippen LogP contribution in [-0.2, 0) is 11.2 Å². The maximum absolute atomic E-state index is 10.8. The van der Waals surface area contributed by atoms with Gasteiger partial charge in [0.1, 0.15) is 5.75 Å². The molecule has 2 N–H and O–H groups in total. The quantitative estimate of drug-likeness (QED) is 0.600. The number of hydrogen-bond acceptors (Lipinski definition) is 6. The predicted octanol–water partition coefficient (Wildman–Crippen LogP) is 4.82. The Balaban J connectivity index is 0.00000243. The number of aryl methyl sites for hydroxylation is 2. The summed E-state index contributed by atoms with van der Waals surface area (Å²) in [6.45, 7) is 1.92. The summed E-state index contributed by atoms with van der Waals surface area (Å²) in [6, 6.07) is 11.2. The highest BCUT2D eigenvalue weighted by molar-refractivity contribution is 7.13. The van der Waals surface area contributed by atoms with Gasteiger partial charge in [-0.05, 0) is 37.1 Å². The molecular formula is C18H18ClN3O3S. The van der Waals surface area contributed by atoms with Crippen LogP contribution in [0.4, 0.5) is 10.9 Å². The molecule has 1 aromatic carbocycles. The molecule has 136 valence electrons. The van der Waals surface area contributed by atoms with Crippen LogP contribution in [0.25, 0.3) is 0 Å². The van der Waals surface area contributed by atoms with Gasteiger partial charge in [0, 0.05) is 18.0 Å². The second-order valence-electron chi connectivity index (χ2n) is 5.42. The molecule has 0 spiro atoms. The van der Waals surface area contributed by atoms with E-state index >= 15 is 0 Å². The molecule has 0 bridgehead atoms. The van der Waals surface area contributed by atoms with Crippen molar-refractivity contribution in [1.29, 1.82) is 0 Å². The third-order valence-electron chi connectivity index (χ3n) is 3.35. The van der Waals surface area contributed by atoms with Crippen molar-refractivity contribution < 1.29 is 14.6 Å². The molecule has 0 aliphatic rings. The fraction of sp³-hybridized carbons (Fsp3) is 0.167. The average Bonchev–Trinajstić information content (AvgIpc) is 3.01. The number of benzene rings is 1. The Hall–Kier alpha value is -2.64. The Morgan fingerprint density at radius 3 is 2.73 bits per heavy atom. The van der Waals surface area contributed by atoms with E-state index in [1.165, 1.54) is 11.3 Å². The molecule has 26 heavy (non-hydrogen) atoms. The van der Waals surface area contributed by atoms with Gasteiger partial charge in [0.05, 0.1) is 5.69 Å². The summed E-state index contributed by atoms with van der Waals surface area (Å²) in [5.41, 5.74) is 1.73. The molecule has 0 aliphatic heterocycles. The van der Waals surface area contributed by atoms with E-state index in [-0.39, 0.29) is 18.8 Å². The number of carboxylic acid groups (broad SMARTS) is 1. The fourth-order valence-electron chi connectivity index (χ4n) is 2.17. The minimum absolute atomic E-state index is 0. The molecule has 0 saturated carbocycles. The minimum atomic E-state index is -0.842. The maximum atomic E-state index is 10.8. The number of aromatic nitrogens is 2. The van der Waals surface area contributed by atoms with Gasteiger partial charge in [-0.1, -0.05) is 18.2 Å². The van der Waals surface area contributed by atoms with Gasteiger partial charge in [-0.3, -0.25) is 4.79 Å². The fourth-order valence-corrected chi connectivity index (χ4v) is 2.86. The number of thiazole rings is 1. The van der Waals surface area contributed by atoms with E-state index in [9.17, 15) is 4.79 Å². The van der Waals surface area contributed by atoms with E-state index in [1.54, 1.807) is 6.20 Å². The van der Waals surface area contributed by atoms with Gasteiger partial charge < -0.3 is 15.2 Å². The Morgan fingerprint density at radius 1 is 1.31 bits per heavy atom. The number of carbonyl (C=O) groups is 1. The minimum Gasteiger partial charge on any atom is -0.481 e. The van der Waals surface area contributed by atoms with Gasteiger partial charge in [-0.2, -0.15) is 0 Å². The largest absolute Gasteiger partial charge is 0.481 e. The van der Waals surface area contributed by atoms with Gasteiger partial charge in [0.2, 0.25) is 0 Å². The zero-order valence-corrected chi connectivity index (χ0v) is 15.6. The molecule has 2 heterocycles. The molecule has 3 rings (SSSR count). The zero-order chi connectivity index (χ0) is 17.6. The van der Waals surface area contributed by atoms with Crippen LogP contribution in [0.2, 0.25) is 0 Å². The van der Waals surface area contributed by atoms with Crippen molar-refractivity contribution in [2.45, 2.75) is 19.8 Å². The first-order valence-corrected chi connectivity index (χ1v) is 8.61. The van der Waals surface area contributed by atoms with Gasteiger partial charge in [0.25, 0.3) is 0 Å². The number of anilines is 2. The van der Waals surface area contributed by atoms with E-state index in [2.05, 4.69) is 15.3 Å². The Bertz CT molecular complexity index is 871. The lowest BCUT2D eigenvalue weighted by atomic mass is 10.1. The highest BCUT2D eigenvalue weighted by Gasteiger charge is 2.11. The molecule has 8 heteroatoms. The first-order chi connectivity index (χ1) is 12.1. The molecule has 6 nitrogen and oxygen atoms in total. The predicted molar refractivity (Wildman–Crippen MR) is 104 cm³/mol. The Kier molecular flexibility index (Phi) is 6.94. The summed E-state index contributed by atoms with van der Waals surface area (Å²) in [7, 11) is 0. The van der Waals surface area contributed by atoms with Gasteiger partial charge >= 0.3 is 5.97 Å². The van der Waals surface area contributed by atoms with Crippen molar-refractivity contribution in [2.75, 3.05) is 5.32 Å². The molecule has 0 amide bonds. The summed E-state index contributed by atoms with van der Waals surface area (Å²) in [6.07, 6.45) is 2.10. The van der Waals surface area contributed by atoms with Gasteiger partial charge in [-0.15, -0.1) is 23.7 Å². The molecular weight excluding hydrogens is 374 g/mol. The highest BCUT2D eigenvalue weighted by Crippen LogP contribution is 2.32. The number of rotatable bonds is 7. The van der Waals surface area contributed by atoms with Crippen molar-refractivity contribution in [3.63, 3.8) is 0 Å². The maximum Gasteiger partial charge on any atom is 0.303 e. The first-order valence-electron chi connectivity index (χ1n) is 7.73. The molecule has 0 aliphatic carbocycles. The van der Waals surface area contributed by atoms with Crippen LogP contribution >= 0.6 is 23.7 Å². The number of pyridine rings is 1. The lowest BCUT2D eigenvalue weighted by Gasteiger charge is -2.12. The van der Waals surface area contributed by atoms with Crippen molar-refractivity contribution in [1.82, 2.24) is 9.97 Å². The SMILES string of the molecule is Cc1csc(Nc2ncc(CCC(=O)O)cc2Oc2ccccc2)n1.Cl. The van der Waals surface area contributed by atoms with Crippen molar-refractivity contribution in [3.05, 3.63) is 59.2 Å². The van der Waals surface area contributed by atoms with E-state index in [4.69, 9.17) is 9.84 Å². The van der Waals surface area contributed by atoms with Crippen LogP contribution in [0.5, 0.6) is 11.5 Å². The molecule has 0 atom stereocenters. The summed E-state index contributed by atoms with van der Waals surface area (Å²) in [4.78, 5) is 19.6. The Morgan fingerprint density at radius 2 is 2.08 bits per heavy atom. The van der Waals surface area contributed by atoms with E-state index in [0.29, 0.717) is 23.7 Å². The lowest BCUT2D eigenvalue weighted by molar-refractivity contribution is -0.136. The molecule has 0 radical (unpaired) electrons. The standard InChI is InChI=1S/C18H17N3O3S.ClH/c1-12-11-25-18(20-12)21-17-15(24-14-5-3-2-4-6-14)9-13(10-19-17)7-8-16(22)23;/h2-6,9-11H,7-8H2,1H3,(H,22,23)(H,19,20,21);1H. The monoisotopic (exact) mass is 391 g/mol. The van der Waals surface area contributed by atoms with Crippen molar-refractivity contribution >= 4 is 40.7 Å². The third kappa shape index (κ3) is 5.44. The average molecular weight is 392 g/mol. The van der Waals surface area contributed by atoms with Crippen LogP contribution in [0, 0.1) is 6.92 Å². The van der Waals surface area contributed by atoms with Gasteiger partial charge in [0.15, 0.2) is 16.7 Å². The number of hydrogen-bond donors (Lipinski definition) is 2. The van der Waals surface area contributed by atoms with E-state index < -0.39 is 5.97 Å². The van der Waals surface area contributed by atoms with Gasteiger partial charge in [-0.25, -0.2) is 9.97 Å². The Labute approximate surface area is 161 Å².